The van der Waals surface area contributed by atoms with Crippen LogP contribution in [-0.4, -0.2) is 39.9 Å². The molecule has 0 unspecified atom stereocenters. The molecule has 0 aromatic heterocycles. The van der Waals surface area contributed by atoms with Gasteiger partial charge in [-0.25, -0.2) is 0 Å². The molecule has 2 rings (SSSR count). The Bertz CT molecular complexity index is 364. The second-order valence-electron chi connectivity index (χ2n) is 3.99. The summed E-state index contributed by atoms with van der Waals surface area (Å²) in [6.07, 6.45) is 0.0204. The Labute approximate surface area is 94.1 Å². The molecular formula is C12H15NO3. The van der Waals surface area contributed by atoms with Gasteiger partial charge in [-0.05, 0) is 25.0 Å². The first kappa shape index (κ1) is 11.1. The van der Waals surface area contributed by atoms with E-state index in [1.54, 1.807) is 29.2 Å². The van der Waals surface area contributed by atoms with Crippen LogP contribution in [0.25, 0.3) is 0 Å². The predicted molar refractivity (Wildman–Crippen MR) is 58.7 cm³/mol. The molecule has 4 nitrogen and oxygen atoms in total. The van der Waals surface area contributed by atoms with E-state index in [0.29, 0.717) is 18.5 Å². The fraction of sp³-hybridized carbons (Fsp3) is 0.417. The van der Waals surface area contributed by atoms with E-state index in [0.717, 1.165) is 6.42 Å². The van der Waals surface area contributed by atoms with Gasteiger partial charge < -0.3 is 15.1 Å². The molecular weight excluding hydrogens is 206 g/mol. The summed E-state index contributed by atoms with van der Waals surface area (Å²) in [6, 6.07) is 8.45. The molecule has 1 aliphatic rings. The second-order valence-corrected chi connectivity index (χ2v) is 3.99. The van der Waals surface area contributed by atoms with Crippen molar-refractivity contribution in [2.24, 2.45) is 0 Å². The topological polar surface area (TPSA) is 60.8 Å². The lowest BCUT2D eigenvalue weighted by molar-refractivity contribution is -0.0841. The third-order valence-electron chi connectivity index (χ3n) is 2.92. The van der Waals surface area contributed by atoms with Crippen LogP contribution in [0.5, 0.6) is 0 Å². The number of aliphatic hydroxyl groups is 2. The van der Waals surface area contributed by atoms with E-state index in [-0.39, 0.29) is 5.91 Å². The third kappa shape index (κ3) is 2.08. The summed E-state index contributed by atoms with van der Waals surface area (Å²) in [5, 5.41) is 18.4. The number of benzene rings is 1. The van der Waals surface area contributed by atoms with Crippen LogP contribution in [0, 0.1) is 0 Å². The highest BCUT2D eigenvalue weighted by molar-refractivity contribution is 5.94. The maximum Gasteiger partial charge on any atom is 0.254 e. The Balaban J connectivity index is 2.16. The number of rotatable bonds is 2. The van der Waals surface area contributed by atoms with Crippen molar-refractivity contribution in [1.29, 1.82) is 0 Å². The number of hydrogen-bond donors (Lipinski definition) is 2. The molecule has 1 aliphatic heterocycles. The Morgan fingerprint density at radius 1 is 1.31 bits per heavy atom. The minimum atomic E-state index is -1.45. The van der Waals surface area contributed by atoms with E-state index in [4.69, 9.17) is 0 Å². The average Bonchev–Trinajstić information content (AvgIpc) is 2.78. The van der Waals surface area contributed by atoms with Crippen LogP contribution in [0.15, 0.2) is 30.3 Å². The van der Waals surface area contributed by atoms with Crippen molar-refractivity contribution in [2.45, 2.75) is 25.2 Å². The number of carbonyl (C=O) groups is 1. The van der Waals surface area contributed by atoms with Crippen LogP contribution < -0.4 is 0 Å². The van der Waals surface area contributed by atoms with E-state index in [1.165, 1.54) is 0 Å². The summed E-state index contributed by atoms with van der Waals surface area (Å²) in [4.78, 5) is 13.6. The van der Waals surface area contributed by atoms with Gasteiger partial charge in [0.15, 0.2) is 6.29 Å². The van der Waals surface area contributed by atoms with Crippen molar-refractivity contribution in [3.63, 3.8) is 0 Å². The van der Waals surface area contributed by atoms with Gasteiger partial charge in [0.25, 0.3) is 5.91 Å². The highest BCUT2D eigenvalue weighted by Gasteiger charge is 2.33. The van der Waals surface area contributed by atoms with Gasteiger partial charge in [-0.3, -0.25) is 4.79 Å². The van der Waals surface area contributed by atoms with Crippen LogP contribution >= 0.6 is 0 Å². The summed E-state index contributed by atoms with van der Waals surface area (Å²) in [7, 11) is 0. The molecule has 2 N–H and O–H groups in total. The first-order valence-corrected chi connectivity index (χ1v) is 5.42. The quantitative estimate of drug-likeness (QED) is 0.719. The van der Waals surface area contributed by atoms with Gasteiger partial charge in [0.2, 0.25) is 0 Å². The Morgan fingerprint density at radius 2 is 2.00 bits per heavy atom. The van der Waals surface area contributed by atoms with E-state index >= 15 is 0 Å². The number of amides is 1. The van der Waals surface area contributed by atoms with Crippen molar-refractivity contribution in [3.8, 4) is 0 Å². The highest BCUT2D eigenvalue weighted by Crippen LogP contribution is 2.21. The monoisotopic (exact) mass is 221 g/mol. The molecule has 0 radical (unpaired) electrons. The van der Waals surface area contributed by atoms with Crippen LogP contribution in [0.1, 0.15) is 23.2 Å². The van der Waals surface area contributed by atoms with E-state index in [1.807, 2.05) is 6.07 Å². The molecule has 0 spiro atoms. The SMILES string of the molecule is O=C(c1ccccc1)N1CCC[C@H]1C(O)O. The van der Waals surface area contributed by atoms with E-state index in [9.17, 15) is 15.0 Å². The maximum atomic E-state index is 12.1. The molecule has 1 aromatic rings. The van der Waals surface area contributed by atoms with Gasteiger partial charge in [0.05, 0.1) is 6.04 Å². The molecule has 1 atom stereocenters. The van der Waals surface area contributed by atoms with Gasteiger partial charge in [-0.2, -0.15) is 0 Å². The fourth-order valence-corrected chi connectivity index (χ4v) is 2.10. The second kappa shape index (κ2) is 4.63. The third-order valence-corrected chi connectivity index (χ3v) is 2.92. The number of nitrogens with zero attached hydrogens (tertiary/aromatic N) is 1. The standard InChI is InChI=1S/C12H15NO3/c14-11(9-5-2-1-3-6-9)13-8-4-7-10(13)12(15)16/h1-3,5-6,10,12,15-16H,4,7-8H2/t10-/m0/s1. The van der Waals surface area contributed by atoms with E-state index < -0.39 is 12.3 Å². The first-order chi connectivity index (χ1) is 7.70. The summed E-state index contributed by atoms with van der Waals surface area (Å²) in [6.45, 7) is 0.593. The zero-order chi connectivity index (χ0) is 11.5. The van der Waals surface area contributed by atoms with Gasteiger partial charge in [0, 0.05) is 12.1 Å². The summed E-state index contributed by atoms with van der Waals surface area (Å²) in [5.41, 5.74) is 0.593. The van der Waals surface area contributed by atoms with E-state index in [2.05, 4.69) is 0 Å². The van der Waals surface area contributed by atoms with Crippen molar-refractivity contribution < 1.29 is 15.0 Å². The largest absolute Gasteiger partial charge is 0.366 e. The van der Waals surface area contributed by atoms with Crippen LogP contribution in [-0.2, 0) is 0 Å². The minimum absolute atomic E-state index is 0.129. The zero-order valence-electron chi connectivity index (χ0n) is 8.91. The number of likely N-dealkylation sites (tertiary alicyclic amines) is 1. The number of aliphatic hydroxyl groups excluding tert-OH is 1. The lowest BCUT2D eigenvalue weighted by Crippen LogP contribution is -2.42. The average molecular weight is 221 g/mol. The normalized spacial score (nSPS) is 20.4. The van der Waals surface area contributed by atoms with Crippen molar-refractivity contribution in [3.05, 3.63) is 35.9 Å². The Kier molecular flexibility index (Phi) is 3.22. The molecule has 1 saturated heterocycles. The van der Waals surface area contributed by atoms with Crippen LogP contribution in [0.4, 0.5) is 0 Å². The fourth-order valence-electron chi connectivity index (χ4n) is 2.10. The molecule has 1 fully saturated rings. The van der Waals surface area contributed by atoms with Crippen LogP contribution in [0.3, 0.4) is 0 Å². The number of hydrogen-bond acceptors (Lipinski definition) is 3. The lowest BCUT2D eigenvalue weighted by atomic mass is 10.1. The molecule has 1 heterocycles. The first-order valence-electron chi connectivity index (χ1n) is 5.42. The molecule has 4 heteroatoms. The summed E-state index contributed by atoms with van der Waals surface area (Å²) >= 11 is 0. The molecule has 0 bridgehead atoms. The molecule has 86 valence electrons. The highest BCUT2D eigenvalue weighted by atomic mass is 16.5. The molecule has 16 heavy (non-hydrogen) atoms. The Morgan fingerprint density at radius 3 is 2.62 bits per heavy atom. The lowest BCUT2D eigenvalue weighted by Gasteiger charge is -2.25. The number of carbonyl (C=O) groups excluding carboxylic acids is 1. The van der Waals surface area contributed by atoms with Gasteiger partial charge in [0.1, 0.15) is 0 Å². The summed E-state index contributed by atoms with van der Waals surface area (Å²) < 4.78 is 0. The van der Waals surface area contributed by atoms with Gasteiger partial charge in [-0.15, -0.1) is 0 Å². The van der Waals surface area contributed by atoms with Crippen LogP contribution in [0.2, 0.25) is 0 Å². The zero-order valence-corrected chi connectivity index (χ0v) is 8.91. The minimum Gasteiger partial charge on any atom is -0.366 e. The van der Waals surface area contributed by atoms with Gasteiger partial charge >= 0.3 is 0 Å². The maximum absolute atomic E-state index is 12.1. The van der Waals surface area contributed by atoms with Crippen molar-refractivity contribution in [1.82, 2.24) is 4.90 Å². The van der Waals surface area contributed by atoms with Gasteiger partial charge in [-0.1, -0.05) is 18.2 Å². The summed E-state index contributed by atoms with van der Waals surface area (Å²) in [5.74, 6) is -0.129. The van der Waals surface area contributed by atoms with Crippen molar-refractivity contribution in [2.75, 3.05) is 6.54 Å². The molecule has 0 aliphatic carbocycles. The Hall–Kier alpha value is -1.39. The molecule has 1 aromatic carbocycles. The predicted octanol–water partition coefficient (Wildman–Crippen LogP) is 0.602. The molecule has 0 saturated carbocycles. The molecule has 1 amide bonds. The van der Waals surface area contributed by atoms with Crippen molar-refractivity contribution >= 4 is 5.91 Å². The smallest absolute Gasteiger partial charge is 0.254 e.